The van der Waals surface area contributed by atoms with Crippen LogP contribution in [-0.2, 0) is 11.2 Å². The molecule has 0 bridgehead atoms. The summed E-state index contributed by atoms with van der Waals surface area (Å²) >= 11 is 0. The predicted octanol–water partition coefficient (Wildman–Crippen LogP) is 3.36. The minimum absolute atomic E-state index is 0.0273. The molecular formula is C19H27FN2O2. The first kappa shape index (κ1) is 17.2. The van der Waals surface area contributed by atoms with Crippen LogP contribution < -0.4 is 5.32 Å². The van der Waals surface area contributed by atoms with Gasteiger partial charge in [0.05, 0.1) is 5.60 Å². The Labute approximate surface area is 143 Å². The monoisotopic (exact) mass is 334 g/mol. The molecule has 0 saturated carbocycles. The third kappa shape index (κ3) is 4.07. The van der Waals surface area contributed by atoms with E-state index in [0.717, 1.165) is 57.4 Å². The molecule has 1 unspecified atom stereocenters. The van der Waals surface area contributed by atoms with E-state index in [2.05, 4.69) is 5.32 Å². The van der Waals surface area contributed by atoms with Gasteiger partial charge < -0.3 is 15.0 Å². The van der Waals surface area contributed by atoms with Crippen LogP contribution in [0.15, 0.2) is 24.3 Å². The second-order valence-electron chi connectivity index (χ2n) is 7.05. The minimum atomic E-state index is -0.162. The number of hydrogen-bond donors (Lipinski definition) is 1. The number of carbonyl (C=O) groups is 1. The first-order valence-electron chi connectivity index (χ1n) is 9.01. The molecule has 3 rings (SSSR count). The van der Waals surface area contributed by atoms with Crippen molar-refractivity contribution in [3.8, 4) is 0 Å². The van der Waals surface area contributed by atoms with E-state index in [1.54, 1.807) is 12.1 Å². The van der Waals surface area contributed by atoms with E-state index in [4.69, 9.17) is 4.74 Å². The molecule has 0 aromatic heterocycles. The smallest absolute Gasteiger partial charge is 0.317 e. The largest absolute Gasteiger partial charge is 0.375 e. The number of benzene rings is 1. The van der Waals surface area contributed by atoms with Gasteiger partial charge in [-0.2, -0.15) is 0 Å². The van der Waals surface area contributed by atoms with Crippen LogP contribution in [0.25, 0.3) is 0 Å². The SMILES string of the molecule is CCNC(=O)N1CCC2(CC1)CC(Cc1cccc(F)c1)CCO2. The van der Waals surface area contributed by atoms with E-state index in [1.807, 2.05) is 17.9 Å². The average Bonchev–Trinajstić information content (AvgIpc) is 2.56. The molecule has 4 nitrogen and oxygen atoms in total. The molecule has 2 aliphatic rings. The Hall–Kier alpha value is -1.62. The number of urea groups is 1. The standard InChI is InChI=1S/C19H27FN2O2/c1-2-21-18(23)22-9-7-19(8-10-22)14-16(6-11-24-19)12-15-4-3-5-17(20)13-15/h3-5,13,16H,2,6-12,14H2,1H3,(H,21,23). The zero-order valence-corrected chi connectivity index (χ0v) is 14.4. The highest BCUT2D eigenvalue weighted by Gasteiger charge is 2.41. The second-order valence-corrected chi connectivity index (χ2v) is 7.05. The van der Waals surface area contributed by atoms with Crippen molar-refractivity contribution >= 4 is 6.03 Å². The number of amides is 2. The van der Waals surface area contributed by atoms with E-state index < -0.39 is 0 Å². The number of nitrogens with one attached hydrogen (secondary N) is 1. The quantitative estimate of drug-likeness (QED) is 0.921. The summed E-state index contributed by atoms with van der Waals surface area (Å²) in [5, 5.41) is 2.86. The van der Waals surface area contributed by atoms with Gasteiger partial charge in [-0.15, -0.1) is 0 Å². The van der Waals surface area contributed by atoms with Gasteiger partial charge in [-0.3, -0.25) is 0 Å². The average molecular weight is 334 g/mol. The van der Waals surface area contributed by atoms with Gasteiger partial charge in [0, 0.05) is 26.2 Å². The Morgan fingerprint density at radius 3 is 2.92 bits per heavy atom. The summed E-state index contributed by atoms with van der Waals surface area (Å²) in [6.07, 6.45) is 4.72. The number of rotatable bonds is 3. The molecule has 1 spiro atoms. The molecule has 2 heterocycles. The molecule has 1 aromatic rings. The van der Waals surface area contributed by atoms with Gasteiger partial charge in [-0.25, -0.2) is 9.18 Å². The van der Waals surface area contributed by atoms with Crippen LogP contribution in [0.4, 0.5) is 9.18 Å². The number of carbonyl (C=O) groups excluding carboxylic acids is 1. The number of nitrogens with zero attached hydrogens (tertiary/aromatic N) is 1. The van der Waals surface area contributed by atoms with E-state index in [9.17, 15) is 9.18 Å². The zero-order valence-electron chi connectivity index (χ0n) is 14.4. The van der Waals surface area contributed by atoms with Gasteiger partial charge in [0.1, 0.15) is 5.82 Å². The summed E-state index contributed by atoms with van der Waals surface area (Å²) < 4.78 is 19.5. The van der Waals surface area contributed by atoms with E-state index in [0.29, 0.717) is 12.5 Å². The number of hydrogen-bond acceptors (Lipinski definition) is 2. The van der Waals surface area contributed by atoms with Crippen LogP contribution in [0.5, 0.6) is 0 Å². The lowest BCUT2D eigenvalue weighted by Crippen LogP contribution is -2.53. The maximum Gasteiger partial charge on any atom is 0.317 e. The van der Waals surface area contributed by atoms with Crippen molar-refractivity contribution in [1.29, 1.82) is 0 Å². The summed E-state index contributed by atoms with van der Waals surface area (Å²) in [6, 6.07) is 6.94. The number of likely N-dealkylation sites (tertiary alicyclic amines) is 1. The van der Waals surface area contributed by atoms with Gasteiger partial charge >= 0.3 is 6.03 Å². The van der Waals surface area contributed by atoms with Crippen molar-refractivity contribution in [3.05, 3.63) is 35.6 Å². The van der Waals surface area contributed by atoms with Crippen molar-refractivity contribution in [2.24, 2.45) is 5.92 Å². The van der Waals surface area contributed by atoms with Crippen LogP contribution in [0, 0.1) is 11.7 Å². The fourth-order valence-electron chi connectivity index (χ4n) is 4.03. The fourth-order valence-corrected chi connectivity index (χ4v) is 4.03. The van der Waals surface area contributed by atoms with Crippen molar-refractivity contribution < 1.29 is 13.9 Å². The fraction of sp³-hybridized carbons (Fsp3) is 0.632. The molecular weight excluding hydrogens is 307 g/mol. The Balaban J connectivity index is 1.57. The Morgan fingerprint density at radius 2 is 2.21 bits per heavy atom. The summed E-state index contributed by atoms with van der Waals surface area (Å²) in [4.78, 5) is 13.8. The molecule has 0 radical (unpaired) electrons. The van der Waals surface area contributed by atoms with E-state index in [1.165, 1.54) is 6.07 Å². The van der Waals surface area contributed by atoms with Crippen molar-refractivity contribution in [2.45, 2.75) is 44.6 Å². The van der Waals surface area contributed by atoms with Crippen LogP contribution in [-0.4, -0.2) is 42.8 Å². The minimum Gasteiger partial charge on any atom is -0.375 e. The summed E-state index contributed by atoms with van der Waals surface area (Å²) in [5.41, 5.74) is 0.969. The highest BCUT2D eigenvalue weighted by molar-refractivity contribution is 5.74. The van der Waals surface area contributed by atoms with Crippen LogP contribution in [0.3, 0.4) is 0 Å². The molecule has 132 valence electrons. The first-order chi connectivity index (χ1) is 11.6. The summed E-state index contributed by atoms with van der Waals surface area (Å²) in [6.45, 7) is 4.86. The van der Waals surface area contributed by atoms with Gasteiger partial charge in [-0.05, 0) is 62.6 Å². The first-order valence-corrected chi connectivity index (χ1v) is 9.01. The predicted molar refractivity (Wildman–Crippen MR) is 91.4 cm³/mol. The maximum atomic E-state index is 13.4. The van der Waals surface area contributed by atoms with Crippen LogP contribution >= 0.6 is 0 Å². The molecule has 2 aliphatic heterocycles. The Morgan fingerprint density at radius 1 is 1.42 bits per heavy atom. The normalized spacial score (nSPS) is 23.2. The lowest BCUT2D eigenvalue weighted by atomic mass is 9.77. The van der Waals surface area contributed by atoms with Gasteiger partial charge in [0.2, 0.25) is 0 Å². The second kappa shape index (κ2) is 7.51. The maximum absolute atomic E-state index is 13.4. The Kier molecular flexibility index (Phi) is 5.39. The number of halogens is 1. The van der Waals surface area contributed by atoms with Crippen molar-refractivity contribution in [2.75, 3.05) is 26.2 Å². The molecule has 2 amide bonds. The third-order valence-corrected chi connectivity index (χ3v) is 5.30. The third-order valence-electron chi connectivity index (χ3n) is 5.30. The topological polar surface area (TPSA) is 41.6 Å². The van der Waals surface area contributed by atoms with E-state index in [-0.39, 0.29) is 17.4 Å². The molecule has 2 saturated heterocycles. The molecule has 2 fully saturated rings. The number of ether oxygens (including phenoxy) is 1. The molecule has 1 aromatic carbocycles. The molecule has 24 heavy (non-hydrogen) atoms. The molecule has 1 atom stereocenters. The highest BCUT2D eigenvalue weighted by Crippen LogP contribution is 2.38. The summed E-state index contributed by atoms with van der Waals surface area (Å²) in [5.74, 6) is 0.362. The van der Waals surface area contributed by atoms with Crippen LogP contribution in [0.1, 0.15) is 38.2 Å². The molecule has 5 heteroatoms. The van der Waals surface area contributed by atoms with E-state index >= 15 is 0 Å². The van der Waals surface area contributed by atoms with Crippen LogP contribution in [0.2, 0.25) is 0 Å². The van der Waals surface area contributed by atoms with Gasteiger partial charge in [0.15, 0.2) is 0 Å². The van der Waals surface area contributed by atoms with Gasteiger partial charge in [0.25, 0.3) is 0 Å². The zero-order chi connectivity index (χ0) is 17.0. The lowest BCUT2D eigenvalue weighted by Gasteiger charge is -2.46. The molecule has 1 N–H and O–H groups in total. The van der Waals surface area contributed by atoms with Gasteiger partial charge in [-0.1, -0.05) is 12.1 Å². The summed E-state index contributed by atoms with van der Waals surface area (Å²) in [7, 11) is 0. The molecule has 0 aliphatic carbocycles. The Bertz CT molecular complexity index is 570. The highest BCUT2D eigenvalue weighted by atomic mass is 19.1. The van der Waals surface area contributed by atoms with Crippen molar-refractivity contribution in [1.82, 2.24) is 10.2 Å². The van der Waals surface area contributed by atoms with Crippen molar-refractivity contribution in [3.63, 3.8) is 0 Å². The lowest BCUT2D eigenvalue weighted by molar-refractivity contribution is -0.122. The number of piperidine rings is 1.